The van der Waals surface area contributed by atoms with Crippen LogP contribution in [0.2, 0.25) is 5.02 Å². The predicted octanol–water partition coefficient (Wildman–Crippen LogP) is 6.41. The highest BCUT2D eigenvalue weighted by molar-refractivity contribution is 9.10. The predicted molar refractivity (Wildman–Crippen MR) is 109 cm³/mol. The molecule has 6 heteroatoms. The van der Waals surface area contributed by atoms with E-state index in [1.54, 1.807) is 11.3 Å². The van der Waals surface area contributed by atoms with Crippen LogP contribution in [-0.2, 0) is 0 Å². The van der Waals surface area contributed by atoms with Crippen molar-refractivity contribution >= 4 is 44.6 Å². The molecule has 3 heterocycles. The van der Waals surface area contributed by atoms with Crippen LogP contribution in [0.4, 0.5) is 0 Å². The van der Waals surface area contributed by atoms with Gasteiger partial charge in [0.25, 0.3) is 0 Å². The van der Waals surface area contributed by atoms with Gasteiger partial charge in [0, 0.05) is 21.5 Å². The van der Waals surface area contributed by atoms with Crippen molar-refractivity contribution in [1.82, 2.24) is 5.01 Å². The SMILES string of the molecule is Clc1ccc(C2=NN3C(C2)c2cc(Br)ccc2OC3c2cccs2)cc1. The largest absolute Gasteiger partial charge is 0.464 e. The number of hydrogen-bond donors (Lipinski definition) is 0. The molecule has 1 aromatic heterocycles. The average molecular weight is 446 g/mol. The van der Waals surface area contributed by atoms with Crippen molar-refractivity contribution in [2.45, 2.75) is 18.7 Å². The minimum Gasteiger partial charge on any atom is -0.464 e. The number of nitrogens with zero attached hydrogens (tertiary/aromatic N) is 2. The molecule has 5 rings (SSSR count). The number of benzene rings is 2. The number of halogens is 2. The molecule has 2 aromatic carbocycles. The van der Waals surface area contributed by atoms with E-state index in [0.717, 1.165) is 37.8 Å². The zero-order valence-corrected chi connectivity index (χ0v) is 16.8. The molecule has 2 aliphatic heterocycles. The van der Waals surface area contributed by atoms with Gasteiger partial charge in [-0.3, -0.25) is 0 Å². The van der Waals surface area contributed by atoms with Gasteiger partial charge in [-0.05, 0) is 47.3 Å². The summed E-state index contributed by atoms with van der Waals surface area (Å²) < 4.78 is 7.39. The third kappa shape index (κ3) is 2.75. The molecule has 0 amide bonds. The number of hydrogen-bond acceptors (Lipinski definition) is 4. The molecule has 0 radical (unpaired) electrons. The fraction of sp³-hybridized carbons (Fsp3) is 0.150. The molecule has 0 N–H and O–H groups in total. The highest BCUT2D eigenvalue weighted by atomic mass is 79.9. The number of hydrazone groups is 1. The van der Waals surface area contributed by atoms with E-state index in [-0.39, 0.29) is 12.3 Å². The molecule has 0 fully saturated rings. The molecule has 0 bridgehead atoms. The summed E-state index contributed by atoms with van der Waals surface area (Å²) in [5, 5.41) is 9.86. The molecule has 26 heavy (non-hydrogen) atoms. The first-order valence-electron chi connectivity index (χ1n) is 8.30. The maximum atomic E-state index is 6.34. The second kappa shape index (κ2) is 6.41. The van der Waals surface area contributed by atoms with E-state index in [9.17, 15) is 0 Å². The first kappa shape index (κ1) is 16.4. The van der Waals surface area contributed by atoms with Gasteiger partial charge < -0.3 is 4.74 Å². The Hall–Kier alpha value is -1.82. The highest BCUT2D eigenvalue weighted by Gasteiger charge is 2.41. The Morgan fingerprint density at radius 2 is 2.00 bits per heavy atom. The summed E-state index contributed by atoms with van der Waals surface area (Å²) in [6.07, 6.45) is 0.648. The third-order valence-corrected chi connectivity index (χ3v) is 6.36. The van der Waals surface area contributed by atoms with Gasteiger partial charge in [-0.2, -0.15) is 5.10 Å². The van der Waals surface area contributed by atoms with E-state index in [0.29, 0.717) is 0 Å². The van der Waals surface area contributed by atoms with Gasteiger partial charge in [0.05, 0.1) is 16.6 Å². The maximum Gasteiger partial charge on any atom is 0.222 e. The average Bonchev–Trinajstić information content (AvgIpc) is 3.32. The number of fused-ring (bicyclic) bond motifs is 3. The summed E-state index contributed by atoms with van der Waals surface area (Å²) in [5.41, 5.74) is 3.33. The minimum absolute atomic E-state index is 0.161. The summed E-state index contributed by atoms with van der Waals surface area (Å²) >= 11 is 11.3. The van der Waals surface area contributed by atoms with Gasteiger partial charge in [0.15, 0.2) is 0 Å². The van der Waals surface area contributed by atoms with Crippen molar-refractivity contribution in [1.29, 1.82) is 0 Å². The summed E-state index contributed by atoms with van der Waals surface area (Å²) in [6, 6.07) is 18.4. The molecule has 0 saturated carbocycles. The first-order valence-corrected chi connectivity index (χ1v) is 10.4. The maximum absolute atomic E-state index is 6.34. The van der Waals surface area contributed by atoms with Crippen LogP contribution in [0.25, 0.3) is 0 Å². The highest BCUT2D eigenvalue weighted by Crippen LogP contribution is 2.48. The molecule has 0 aliphatic carbocycles. The van der Waals surface area contributed by atoms with E-state index in [2.05, 4.69) is 44.5 Å². The van der Waals surface area contributed by atoms with Crippen LogP contribution < -0.4 is 4.74 Å². The van der Waals surface area contributed by atoms with Crippen molar-refractivity contribution < 1.29 is 4.74 Å². The van der Waals surface area contributed by atoms with E-state index in [4.69, 9.17) is 21.4 Å². The number of thiophene rings is 1. The van der Waals surface area contributed by atoms with Crippen molar-refractivity contribution in [3.63, 3.8) is 0 Å². The Bertz CT molecular complexity index is 988. The lowest BCUT2D eigenvalue weighted by molar-refractivity contribution is -0.0166. The van der Waals surface area contributed by atoms with Crippen molar-refractivity contribution in [3.05, 3.63) is 85.5 Å². The monoisotopic (exact) mass is 444 g/mol. The molecule has 0 spiro atoms. The van der Waals surface area contributed by atoms with E-state index in [1.165, 1.54) is 5.56 Å². The molecule has 2 atom stereocenters. The van der Waals surface area contributed by atoms with Gasteiger partial charge in [-0.25, -0.2) is 5.01 Å². The third-order valence-electron chi connectivity index (χ3n) is 4.72. The number of ether oxygens (including phenoxy) is 1. The van der Waals surface area contributed by atoms with Crippen molar-refractivity contribution in [2.24, 2.45) is 5.10 Å². The number of rotatable bonds is 2. The zero-order valence-electron chi connectivity index (χ0n) is 13.6. The van der Waals surface area contributed by atoms with Gasteiger partial charge >= 0.3 is 0 Å². The second-order valence-corrected chi connectivity index (χ2v) is 8.65. The van der Waals surface area contributed by atoms with Gasteiger partial charge in [0.1, 0.15) is 5.75 Å². The fourth-order valence-electron chi connectivity index (χ4n) is 3.49. The lowest BCUT2D eigenvalue weighted by Crippen LogP contribution is -2.33. The quantitative estimate of drug-likeness (QED) is 0.455. The molecule has 2 unspecified atom stereocenters. The molecular formula is C20H14BrClN2OS. The summed E-state index contributed by atoms with van der Waals surface area (Å²) in [6.45, 7) is 0. The summed E-state index contributed by atoms with van der Waals surface area (Å²) in [4.78, 5) is 1.16. The second-order valence-electron chi connectivity index (χ2n) is 6.32. The standard InChI is InChI=1S/C20H14BrClN2OS/c21-13-5-8-18-15(10-13)17-11-16(12-3-6-14(22)7-4-12)23-24(17)20(25-18)19-2-1-9-26-19/h1-10,17,20H,11H2. The summed E-state index contributed by atoms with van der Waals surface area (Å²) in [7, 11) is 0. The van der Waals surface area contributed by atoms with Crippen molar-refractivity contribution in [3.8, 4) is 5.75 Å². The molecule has 3 nitrogen and oxygen atoms in total. The molecule has 2 aliphatic rings. The molecule has 3 aromatic rings. The fourth-order valence-corrected chi connectivity index (χ4v) is 4.74. The zero-order chi connectivity index (χ0) is 17.7. The Balaban J connectivity index is 1.60. The topological polar surface area (TPSA) is 24.8 Å². The summed E-state index contributed by atoms with van der Waals surface area (Å²) in [5.74, 6) is 0.931. The Kier molecular flexibility index (Phi) is 4.03. The van der Waals surface area contributed by atoms with Crippen LogP contribution in [0, 0.1) is 0 Å². The van der Waals surface area contributed by atoms with Crippen LogP contribution >= 0.6 is 38.9 Å². The Morgan fingerprint density at radius 3 is 2.77 bits per heavy atom. The smallest absolute Gasteiger partial charge is 0.222 e. The van der Waals surface area contributed by atoms with E-state index in [1.807, 2.05) is 36.4 Å². The van der Waals surface area contributed by atoms with Crippen LogP contribution in [0.1, 0.15) is 34.7 Å². The van der Waals surface area contributed by atoms with Crippen molar-refractivity contribution in [2.75, 3.05) is 0 Å². The van der Waals surface area contributed by atoms with E-state index < -0.39 is 0 Å². The molecular weight excluding hydrogens is 432 g/mol. The Morgan fingerprint density at radius 1 is 1.15 bits per heavy atom. The van der Waals surface area contributed by atoms with Gasteiger partial charge in [-0.1, -0.05) is 45.7 Å². The Labute approximate surface area is 169 Å². The molecule has 130 valence electrons. The first-order chi connectivity index (χ1) is 12.7. The van der Waals surface area contributed by atoms with Crippen LogP contribution in [-0.4, -0.2) is 10.7 Å². The van der Waals surface area contributed by atoms with Crippen LogP contribution in [0.5, 0.6) is 5.75 Å². The minimum atomic E-state index is -0.196. The normalized spacial score (nSPS) is 21.0. The lowest BCUT2D eigenvalue weighted by Gasteiger charge is -2.37. The van der Waals surface area contributed by atoms with Crippen LogP contribution in [0.3, 0.4) is 0 Å². The van der Waals surface area contributed by atoms with E-state index >= 15 is 0 Å². The van der Waals surface area contributed by atoms with Crippen LogP contribution in [0.15, 0.2) is 69.6 Å². The molecule has 0 saturated heterocycles. The van der Waals surface area contributed by atoms with Gasteiger partial charge in [-0.15, -0.1) is 11.3 Å². The lowest BCUT2D eigenvalue weighted by atomic mass is 9.96. The van der Waals surface area contributed by atoms with Gasteiger partial charge in [0.2, 0.25) is 6.23 Å².